The minimum absolute atomic E-state index is 0.276. The van der Waals surface area contributed by atoms with Gasteiger partial charge >= 0.3 is 0 Å². The Morgan fingerprint density at radius 3 is 2.18 bits per heavy atom. The van der Waals surface area contributed by atoms with Crippen LogP contribution < -0.4 is 10.4 Å². The predicted molar refractivity (Wildman–Crippen MR) is 79.6 cm³/mol. The van der Waals surface area contributed by atoms with Crippen molar-refractivity contribution in [2.75, 3.05) is 5.06 Å². The quantitative estimate of drug-likeness (QED) is 0.858. The highest BCUT2D eigenvalue weighted by Gasteiger charge is 2.56. The molecule has 110 valence electrons. The van der Waals surface area contributed by atoms with Crippen LogP contribution in [-0.2, 0) is 14.4 Å². The molecule has 22 heavy (non-hydrogen) atoms. The van der Waals surface area contributed by atoms with Gasteiger partial charge in [-0.1, -0.05) is 48.5 Å². The highest BCUT2D eigenvalue weighted by molar-refractivity contribution is 6.07. The van der Waals surface area contributed by atoms with E-state index in [1.807, 2.05) is 60.7 Å². The maximum absolute atomic E-state index is 12.2. The molecule has 3 atom stereocenters. The third-order valence-corrected chi connectivity index (χ3v) is 4.11. The van der Waals surface area contributed by atoms with Crippen LogP contribution in [0.5, 0.6) is 0 Å². The summed E-state index contributed by atoms with van der Waals surface area (Å²) in [5.74, 6) is -1.17. The zero-order valence-electron chi connectivity index (χ0n) is 11.7. The molecule has 0 saturated carbocycles. The molecule has 4 rings (SSSR count). The zero-order chi connectivity index (χ0) is 15.1. The first-order chi connectivity index (χ1) is 10.8. The Hall–Kier alpha value is -2.66. The van der Waals surface area contributed by atoms with E-state index in [0.717, 1.165) is 11.3 Å². The Kier molecular flexibility index (Phi) is 2.94. The number of hydroxylamine groups is 1. The molecule has 5 heteroatoms. The molecule has 2 amide bonds. The Bertz CT molecular complexity index is 717. The molecule has 2 aromatic rings. The van der Waals surface area contributed by atoms with Gasteiger partial charge in [0.1, 0.15) is 5.92 Å². The van der Waals surface area contributed by atoms with Crippen LogP contribution in [0.1, 0.15) is 11.6 Å². The molecule has 0 bridgehead atoms. The second-order valence-electron chi connectivity index (χ2n) is 5.42. The second kappa shape index (κ2) is 4.96. The number of hydrogen-bond acceptors (Lipinski definition) is 4. The second-order valence-corrected chi connectivity index (χ2v) is 5.42. The average Bonchev–Trinajstić information content (AvgIpc) is 3.08. The lowest BCUT2D eigenvalue weighted by molar-refractivity contribution is -0.129. The van der Waals surface area contributed by atoms with E-state index in [0.29, 0.717) is 0 Å². The smallest absolute Gasteiger partial charge is 0.259 e. The maximum Gasteiger partial charge on any atom is 0.259 e. The summed E-state index contributed by atoms with van der Waals surface area (Å²) >= 11 is 0. The van der Waals surface area contributed by atoms with Gasteiger partial charge in [-0.3, -0.25) is 19.7 Å². The number of amides is 2. The third-order valence-electron chi connectivity index (χ3n) is 4.11. The molecule has 2 aliphatic heterocycles. The van der Waals surface area contributed by atoms with E-state index < -0.39 is 12.0 Å². The van der Waals surface area contributed by atoms with Crippen LogP contribution in [0.25, 0.3) is 0 Å². The van der Waals surface area contributed by atoms with Crippen LogP contribution in [-0.4, -0.2) is 17.9 Å². The van der Waals surface area contributed by atoms with E-state index in [1.165, 1.54) is 0 Å². The monoisotopic (exact) mass is 294 g/mol. The Morgan fingerprint density at radius 1 is 0.864 bits per heavy atom. The fourth-order valence-corrected chi connectivity index (χ4v) is 3.12. The van der Waals surface area contributed by atoms with Gasteiger partial charge in [0.05, 0.1) is 11.7 Å². The number of anilines is 1. The molecule has 0 aliphatic carbocycles. The molecular formula is C17H14N2O3. The van der Waals surface area contributed by atoms with Crippen molar-refractivity contribution in [1.29, 1.82) is 0 Å². The molecule has 0 unspecified atom stereocenters. The minimum atomic E-state index is -0.766. The van der Waals surface area contributed by atoms with Gasteiger partial charge in [-0.2, -0.15) is 0 Å². The van der Waals surface area contributed by atoms with Crippen molar-refractivity contribution in [3.63, 3.8) is 0 Å². The van der Waals surface area contributed by atoms with E-state index in [-0.39, 0.29) is 17.9 Å². The van der Waals surface area contributed by atoms with E-state index >= 15 is 0 Å². The van der Waals surface area contributed by atoms with E-state index in [1.54, 1.807) is 5.06 Å². The van der Waals surface area contributed by atoms with Crippen LogP contribution in [0.2, 0.25) is 0 Å². The van der Waals surface area contributed by atoms with Gasteiger partial charge in [0.15, 0.2) is 6.10 Å². The SMILES string of the molecule is O=C1NC(=O)[C@H]2ON(c3ccccc3)[C@H](c3ccccc3)[C@@H]12. The first-order valence-electron chi connectivity index (χ1n) is 7.16. The van der Waals surface area contributed by atoms with E-state index in [9.17, 15) is 9.59 Å². The minimum Gasteiger partial charge on any atom is -0.294 e. The summed E-state index contributed by atoms with van der Waals surface area (Å²) in [6.07, 6.45) is -0.766. The van der Waals surface area contributed by atoms with E-state index in [2.05, 4.69) is 5.32 Å². The van der Waals surface area contributed by atoms with Crippen LogP contribution in [0.3, 0.4) is 0 Å². The Morgan fingerprint density at radius 2 is 1.50 bits per heavy atom. The van der Waals surface area contributed by atoms with Crippen molar-refractivity contribution in [3.05, 3.63) is 66.2 Å². The molecule has 2 saturated heterocycles. The molecule has 0 spiro atoms. The number of imide groups is 1. The van der Waals surface area contributed by atoms with Crippen molar-refractivity contribution in [3.8, 4) is 0 Å². The van der Waals surface area contributed by atoms with Gasteiger partial charge in [0.2, 0.25) is 5.91 Å². The van der Waals surface area contributed by atoms with Gasteiger partial charge in [0.25, 0.3) is 5.91 Å². The standard InChI is InChI=1S/C17H14N2O3/c20-16-13-14(11-7-3-1-4-8-11)19(12-9-5-2-6-10-12)22-15(13)17(21)18-16/h1-10,13-15H,(H,18,20,21)/t13-,14-,15+/m1/s1. The summed E-state index contributed by atoms with van der Waals surface area (Å²) in [7, 11) is 0. The zero-order valence-corrected chi connectivity index (χ0v) is 11.7. The topological polar surface area (TPSA) is 58.6 Å². The summed E-state index contributed by atoms with van der Waals surface area (Å²) < 4.78 is 0. The van der Waals surface area contributed by atoms with Crippen LogP contribution in [0.4, 0.5) is 5.69 Å². The summed E-state index contributed by atoms with van der Waals surface area (Å²) in [4.78, 5) is 29.9. The number of nitrogens with one attached hydrogen (secondary N) is 1. The normalized spacial score (nSPS) is 26.9. The molecular weight excluding hydrogens is 280 g/mol. The lowest BCUT2D eigenvalue weighted by atomic mass is 9.91. The number of nitrogens with zero attached hydrogens (tertiary/aromatic N) is 1. The fourth-order valence-electron chi connectivity index (χ4n) is 3.12. The Labute approximate surface area is 127 Å². The van der Waals surface area contributed by atoms with Gasteiger partial charge in [-0.05, 0) is 17.7 Å². The molecule has 0 radical (unpaired) electrons. The lowest BCUT2D eigenvalue weighted by Crippen LogP contribution is -2.33. The van der Waals surface area contributed by atoms with Crippen molar-refractivity contribution in [2.45, 2.75) is 12.1 Å². The van der Waals surface area contributed by atoms with Crippen LogP contribution in [0, 0.1) is 5.92 Å². The van der Waals surface area contributed by atoms with Crippen molar-refractivity contribution in [2.24, 2.45) is 5.92 Å². The van der Waals surface area contributed by atoms with Crippen molar-refractivity contribution >= 4 is 17.5 Å². The molecule has 0 aromatic heterocycles. The fraction of sp³-hybridized carbons (Fsp3) is 0.176. The first-order valence-corrected chi connectivity index (χ1v) is 7.16. The molecule has 5 nitrogen and oxygen atoms in total. The van der Waals surface area contributed by atoms with Gasteiger partial charge in [-0.25, -0.2) is 5.06 Å². The number of carbonyl (C=O) groups is 2. The van der Waals surface area contributed by atoms with Gasteiger partial charge < -0.3 is 0 Å². The molecule has 2 aliphatic rings. The lowest BCUT2D eigenvalue weighted by Gasteiger charge is -2.27. The molecule has 1 N–H and O–H groups in total. The predicted octanol–water partition coefficient (Wildman–Crippen LogP) is 1.82. The summed E-state index contributed by atoms with van der Waals surface area (Å²) in [5.41, 5.74) is 1.77. The first kappa shape index (κ1) is 13.0. The summed E-state index contributed by atoms with van der Waals surface area (Å²) in [6, 6.07) is 18.8. The van der Waals surface area contributed by atoms with Gasteiger partial charge in [-0.15, -0.1) is 0 Å². The van der Waals surface area contributed by atoms with Crippen LogP contribution >= 0.6 is 0 Å². The highest BCUT2D eigenvalue weighted by Crippen LogP contribution is 2.44. The van der Waals surface area contributed by atoms with Gasteiger partial charge in [0, 0.05) is 0 Å². The number of carbonyl (C=O) groups excluding carboxylic acids is 2. The molecule has 2 fully saturated rings. The number of fused-ring (bicyclic) bond motifs is 1. The summed E-state index contributed by atoms with van der Waals surface area (Å²) in [5, 5.41) is 4.04. The number of benzene rings is 2. The van der Waals surface area contributed by atoms with E-state index in [4.69, 9.17) is 4.84 Å². The number of rotatable bonds is 2. The molecule has 2 aromatic carbocycles. The number of hydrogen-bond donors (Lipinski definition) is 1. The molecule has 2 heterocycles. The number of para-hydroxylation sites is 1. The van der Waals surface area contributed by atoms with Crippen LogP contribution in [0.15, 0.2) is 60.7 Å². The average molecular weight is 294 g/mol. The Balaban J connectivity index is 1.81. The third kappa shape index (κ3) is 1.90. The summed E-state index contributed by atoms with van der Waals surface area (Å²) in [6.45, 7) is 0. The largest absolute Gasteiger partial charge is 0.294 e. The van der Waals surface area contributed by atoms with Crippen molar-refractivity contribution in [1.82, 2.24) is 5.32 Å². The highest BCUT2D eigenvalue weighted by atomic mass is 16.7. The maximum atomic E-state index is 12.2. The van der Waals surface area contributed by atoms with Crippen molar-refractivity contribution < 1.29 is 14.4 Å².